The Morgan fingerprint density at radius 1 is 1.03 bits per heavy atom. The summed E-state index contributed by atoms with van der Waals surface area (Å²) in [5.74, 6) is -0.417. The van der Waals surface area contributed by atoms with Crippen molar-refractivity contribution in [2.45, 2.75) is 72.5 Å². The van der Waals surface area contributed by atoms with Gasteiger partial charge in [-0.25, -0.2) is 19.1 Å². The Balaban J connectivity index is 3.36. The summed E-state index contributed by atoms with van der Waals surface area (Å²) in [5.41, 5.74) is -1.73. The topological polar surface area (TPSA) is 112 Å². The lowest BCUT2D eigenvalue weighted by molar-refractivity contribution is 0.0333. The maximum absolute atomic E-state index is 12.8. The van der Waals surface area contributed by atoms with E-state index in [1.54, 1.807) is 47.6 Å². The maximum Gasteiger partial charge on any atom is 0.437 e. The predicted molar refractivity (Wildman–Crippen MR) is 106 cm³/mol. The highest BCUT2D eigenvalue weighted by molar-refractivity contribution is 6.10. The largest absolute Gasteiger partial charge is 0.449 e. The average Bonchev–Trinajstić information content (AvgIpc) is 3.05. The third-order valence-corrected chi connectivity index (χ3v) is 2.98. The third-order valence-electron chi connectivity index (χ3n) is 2.98. The third kappa shape index (κ3) is 8.75. The Morgan fingerprint density at radius 3 is 2.14 bits per heavy atom. The molecule has 10 heteroatoms. The zero-order chi connectivity index (χ0) is 22.2. The molecule has 1 heterocycles. The lowest BCUT2D eigenvalue weighted by Crippen LogP contribution is -2.48. The number of aliphatic imine (C=N–C) groups is 1. The van der Waals surface area contributed by atoms with Gasteiger partial charge in [-0.3, -0.25) is 0 Å². The predicted octanol–water partition coefficient (Wildman–Crippen LogP) is 4.20. The van der Waals surface area contributed by atoms with E-state index in [-0.39, 0.29) is 6.61 Å². The smallest absolute Gasteiger partial charge is 0.437 e. The maximum atomic E-state index is 12.8. The fraction of sp³-hybridized carbons (Fsp3) is 0.632. The van der Waals surface area contributed by atoms with E-state index in [9.17, 15) is 14.4 Å². The first kappa shape index (κ1) is 24.1. The van der Waals surface area contributed by atoms with E-state index in [1.807, 2.05) is 6.92 Å². The molecule has 10 nitrogen and oxygen atoms in total. The SMILES string of the molecule is CCCCOC(=O)N(C(=O)OC(C)(C)C)C(=NC(=O)OC(C)(C)C)n1cccn1. The van der Waals surface area contributed by atoms with Crippen molar-refractivity contribution < 1.29 is 28.6 Å². The van der Waals surface area contributed by atoms with Gasteiger partial charge in [-0.05, 0) is 54.0 Å². The van der Waals surface area contributed by atoms with Crippen molar-refractivity contribution >= 4 is 24.2 Å². The van der Waals surface area contributed by atoms with Crippen LogP contribution in [0.3, 0.4) is 0 Å². The fourth-order valence-corrected chi connectivity index (χ4v) is 1.87. The molecule has 162 valence electrons. The van der Waals surface area contributed by atoms with E-state index < -0.39 is 35.4 Å². The van der Waals surface area contributed by atoms with E-state index in [2.05, 4.69) is 10.1 Å². The van der Waals surface area contributed by atoms with Gasteiger partial charge in [0.05, 0.1) is 6.61 Å². The number of hydrogen-bond acceptors (Lipinski definition) is 7. The number of aromatic nitrogens is 2. The zero-order valence-electron chi connectivity index (χ0n) is 18.1. The number of imide groups is 1. The van der Waals surface area contributed by atoms with Crippen molar-refractivity contribution in [1.82, 2.24) is 14.7 Å². The number of nitrogens with zero attached hydrogens (tertiary/aromatic N) is 4. The van der Waals surface area contributed by atoms with Crippen LogP contribution in [-0.4, -0.2) is 56.7 Å². The summed E-state index contributed by atoms with van der Waals surface area (Å²) in [6.07, 6.45) is 1.12. The monoisotopic (exact) mass is 410 g/mol. The minimum atomic E-state index is -1.06. The molecule has 0 aliphatic rings. The number of unbranched alkanes of at least 4 members (excludes halogenated alkanes) is 1. The van der Waals surface area contributed by atoms with E-state index in [0.29, 0.717) is 11.3 Å². The van der Waals surface area contributed by atoms with Gasteiger partial charge < -0.3 is 14.2 Å². The van der Waals surface area contributed by atoms with E-state index in [1.165, 1.54) is 12.4 Å². The number of amides is 3. The standard InChI is InChI=1S/C19H30N4O6/c1-8-9-13-27-16(25)23(17(26)29-19(5,6)7)14(22-12-10-11-20-22)21-15(24)28-18(2,3)4/h10-12H,8-9,13H2,1-7H3. The molecule has 1 rings (SSSR count). The van der Waals surface area contributed by atoms with Crippen LogP contribution < -0.4 is 0 Å². The number of carbonyl (C=O) groups is 3. The molecule has 0 aliphatic carbocycles. The molecule has 0 atom stereocenters. The van der Waals surface area contributed by atoms with Crippen molar-refractivity contribution in [3.63, 3.8) is 0 Å². The summed E-state index contributed by atoms with van der Waals surface area (Å²) in [6.45, 7) is 11.9. The minimum Gasteiger partial charge on any atom is -0.449 e. The summed E-state index contributed by atoms with van der Waals surface area (Å²) >= 11 is 0. The van der Waals surface area contributed by atoms with Gasteiger partial charge in [0.1, 0.15) is 11.2 Å². The molecule has 0 radical (unpaired) electrons. The molecule has 0 spiro atoms. The quantitative estimate of drug-likeness (QED) is 0.318. The Labute approximate surface area is 170 Å². The van der Waals surface area contributed by atoms with Gasteiger partial charge in [-0.15, -0.1) is 9.89 Å². The second kappa shape index (κ2) is 10.0. The highest BCUT2D eigenvalue weighted by Crippen LogP contribution is 2.14. The van der Waals surface area contributed by atoms with E-state index in [0.717, 1.165) is 11.1 Å². The first-order valence-electron chi connectivity index (χ1n) is 9.35. The summed E-state index contributed by atoms with van der Waals surface area (Å²) in [6, 6.07) is 1.54. The fourth-order valence-electron chi connectivity index (χ4n) is 1.87. The molecule has 0 fully saturated rings. The van der Waals surface area contributed by atoms with Crippen LogP contribution in [-0.2, 0) is 14.2 Å². The van der Waals surface area contributed by atoms with Crippen molar-refractivity contribution in [2.24, 2.45) is 4.99 Å². The molecule has 0 N–H and O–H groups in total. The van der Waals surface area contributed by atoms with Crippen molar-refractivity contribution in [2.75, 3.05) is 6.61 Å². The minimum absolute atomic E-state index is 0.0907. The van der Waals surface area contributed by atoms with Crippen LogP contribution in [0.25, 0.3) is 0 Å². The highest BCUT2D eigenvalue weighted by Gasteiger charge is 2.35. The molecule has 3 amide bonds. The van der Waals surface area contributed by atoms with Crippen LogP contribution >= 0.6 is 0 Å². The van der Waals surface area contributed by atoms with E-state index >= 15 is 0 Å². The molecule has 1 aromatic heterocycles. The first-order valence-corrected chi connectivity index (χ1v) is 9.35. The van der Waals surface area contributed by atoms with Crippen LogP contribution in [0.5, 0.6) is 0 Å². The Hall–Kier alpha value is -2.91. The number of hydrogen-bond donors (Lipinski definition) is 0. The Bertz CT molecular complexity index is 729. The van der Waals surface area contributed by atoms with Crippen LogP contribution in [0.2, 0.25) is 0 Å². The van der Waals surface area contributed by atoms with Gasteiger partial charge in [-0.1, -0.05) is 13.3 Å². The normalized spacial score (nSPS) is 12.3. The van der Waals surface area contributed by atoms with Crippen molar-refractivity contribution in [3.8, 4) is 0 Å². The van der Waals surface area contributed by atoms with Crippen LogP contribution in [0, 0.1) is 0 Å². The molecule has 0 saturated heterocycles. The second-order valence-electron chi connectivity index (χ2n) is 8.13. The summed E-state index contributed by atoms with van der Waals surface area (Å²) in [7, 11) is 0. The van der Waals surface area contributed by atoms with Crippen LogP contribution in [0.4, 0.5) is 14.4 Å². The van der Waals surface area contributed by atoms with Gasteiger partial charge >= 0.3 is 18.3 Å². The van der Waals surface area contributed by atoms with Gasteiger partial charge in [0, 0.05) is 12.4 Å². The van der Waals surface area contributed by atoms with Crippen molar-refractivity contribution in [1.29, 1.82) is 0 Å². The molecule has 1 aromatic rings. The van der Waals surface area contributed by atoms with Crippen molar-refractivity contribution in [3.05, 3.63) is 18.5 Å². The van der Waals surface area contributed by atoms with Gasteiger partial charge in [0.2, 0.25) is 0 Å². The average molecular weight is 410 g/mol. The lowest BCUT2D eigenvalue weighted by Gasteiger charge is -2.26. The van der Waals surface area contributed by atoms with Gasteiger partial charge in [-0.2, -0.15) is 5.10 Å². The molecular weight excluding hydrogens is 380 g/mol. The summed E-state index contributed by atoms with van der Waals surface area (Å²) in [4.78, 5) is 42.0. The molecular formula is C19H30N4O6. The molecule has 0 aliphatic heterocycles. The summed E-state index contributed by atoms with van der Waals surface area (Å²) < 4.78 is 16.7. The lowest BCUT2D eigenvalue weighted by atomic mass is 10.2. The van der Waals surface area contributed by atoms with E-state index in [4.69, 9.17) is 14.2 Å². The number of carbonyl (C=O) groups excluding carboxylic acids is 3. The Kier molecular flexibility index (Phi) is 8.35. The summed E-state index contributed by atoms with van der Waals surface area (Å²) in [5, 5.41) is 3.97. The first-order chi connectivity index (χ1) is 13.3. The molecule has 0 unspecified atom stereocenters. The van der Waals surface area contributed by atoms with Crippen LogP contribution in [0.15, 0.2) is 23.5 Å². The molecule has 0 saturated carbocycles. The Morgan fingerprint density at radius 2 is 1.66 bits per heavy atom. The molecule has 29 heavy (non-hydrogen) atoms. The van der Waals surface area contributed by atoms with Gasteiger partial charge in [0.15, 0.2) is 0 Å². The zero-order valence-corrected chi connectivity index (χ0v) is 18.1. The van der Waals surface area contributed by atoms with Gasteiger partial charge in [0.25, 0.3) is 5.96 Å². The molecule has 0 bridgehead atoms. The molecule has 0 aromatic carbocycles. The number of rotatable bonds is 3. The highest BCUT2D eigenvalue weighted by atomic mass is 16.6. The van der Waals surface area contributed by atoms with Crippen LogP contribution in [0.1, 0.15) is 61.3 Å². The number of ether oxygens (including phenoxy) is 3. The second-order valence-corrected chi connectivity index (χ2v) is 8.13.